The van der Waals surface area contributed by atoms with E-state index in [0.29, 0.717) is 6.54 Å². The summed E-state index contributed by atoms with van der Waals surface area (Å²) in [6.45, 7) is 5.47. The monoisotopic (exact) mass is 338 g/mol. The molecule has 0 radical (unpaired) electrons. The molecular formula is C17H20F2N2O3. The average Bonchev–Trinajstić information content (AvgIpc) is 2.88. The number of benzene rings is 1. The van der Waals surface area contributed by atoms with Crippen molar-refractivity contribution in [3.8, 4) is 11.5 Å². The minimum absolute atomic E-state index is 0.0497. The quantitative estimate of drug-likeness (QED) is 0.839. The number of nitrogens with one attached hydrogen (secondary N) is 1. The summed E-state index contributed by atoms with van der Waals surface area (Å²) in [7, 11) is 0. The SMILES string of the molecule is CCCN1CC=C(CNC(=O)c2cccc3c2OC(F)(F)O3)CC1. The van der Waals surface area contributed by atoms with Gasteiger partial charge in [0, 0.05) is 19.6 Å². The number of carbonyl (C=O) groups is 1. The summed E-state index contributed by atoms with van der Waals surface area (Å²) in [5.74, 6) is -0.795. The molecule has 0 unspecified atom stereocenters. The van der Waals surface area contributed by atoms with Crippen molar-refractivity contribution in [2.24, 2.45) is 0 Å². The number of ether oxygens (including phenoxy) is 2. The highest BCUT2D eigenvalue weighted by Gasteiger charge is 2.45. The summed E-state index contributed by atoms with van der Waals surface area (Å²) < 4.78 is 35.1. The molecule has 5 nitrogen and oxygen atoms in total. The zero-order valence-corrected chi connectivity index (χ0v) is 13.5. The van der Waals surface area contributed by atoms with E-state index in [9.17, 15) is 13.6 Å². The van der Waals surface area contributed by atoms with Crippen LogP contribution in [0.25, 0.3) is 0 Å². The van der Waals surface area contributed by atoms with E-state index >= 15 is 0 Å². The summed E-state index contributed by atoms with van der Waals surface area (Å²) in [6, 6.07) is 4.27. The highest BCUT2D eigenvalue weighted by molar-refractivity contribution is 5.98. The van der Waals surface area contributed by atoms with Gasteiger partial charge in [0.25, 0.3) is 5.91 Å². The second-order valence-corrected chi connectivity index (χ2v) is 5.90. The molecule has 0 spiro atoms. The van der Waals surface area contributed by atoms with Crippen LogP contribution in [-0.2, 0) is 0 Å². The van der Waals surface area contributed by atoms with Crippen LogP contribution in [0.4, 0.5) is 8.78 Å². The van der Waals surface area contributed by atoms with Gasteiger partial charge in [-0.1, -0.05) is 24.6 Å². The Kier molecular flexibility index (Phi) is 4.71. The minimum Gasteiger partial charge on any atom is -0.395 e. The third kappa shape index (κ3) is 3.67. The molecule has 0 saturated heterocycles. The fourth-order valence-corrected chi connectivity index (χ4v) is 2.87. The van der Waals surface area contributed by atoms with E-state index in [1.54, 1.807) is 0 Å². The number of amides is 1. The van der Waals surface area contributed by atoms with E-state index < -0.39 is 12.2 Å². The average molecular weight is 338 g/mol. The number of alkyl halides is 2. The van der Waals surface area contributed by atoms with Crippen LogP contribution in [-0.4, -0.2) is 43.3 Å². The van der Waals surface area contributed by atoms with Gasteiger partial charge >= 0.3 is 6.29 Å². The number of hydrogen-bond donors (Lipinski definition) is 1. The third-order valence-corrected chi connectivity index (χ3v) is 4.08. The molecule has 24 heavy (non-hydrogen) atoms. The Hall–Kier alpha value is -2.15. The Labute approximate surface area is 139 Å². The van der Waals surface area contributed by atoms with Crippen molar-refractivity contribution in [3.63, 3.8) is 0 Å². The highest BCUT2D eigenvalue weighted by atomic mass is 19.3. The second kappa shape index (κ2) is 6.76. The highest BCUT2D eigenvalue weighted by Crippen LogP contribution is 2.43. The molecule has 1 aromatic rings. The summed E-state index contributed by atoms with van der Waals surface area (Å²) in [5, 5.41) is 2.77. The Morgan fingerprint density at radius 2 is 2.21 bits per heavy atom. The maximum absolute atomic E-state index is 13.2. The summed E-state index contributed by atoms with van der Waals surface area (Å²) in [5.41, 5.74) is 1.19. The van der Waals surface area contributed by atoms with Gasteiger partial charge in [-0.15, -0.1) is 8.78 Å². The second-order valence-electron chi connectivity index (χ2n) is 5.90. The van der Waals surface area contributed by atoms with Gasteiger partial charge in [0.05, 0.1) is 5.56 Å². The Morgan fingerprint density at radius 1 is 1.38 bits per heavy atom. The number of rotatable bonds is 5. The van der Waals surface area contributed by atoms with Gasteiger partial charge in [0.15, 0.2) is 11.5 Å². The summed E-state index contributed by atoms with van der Waals surface area (Å²) in [4.78, 5) is 14.6. The first-order chi connectivity index (χ1) is 11.5. The van der Waals surface area contributed by atoms with Crippen molar-refractivity contribution in [3.05, 3.63) is 35.4 Å². The van der Waals surface area contributed by atoms with Crippen molar-refractivity contribution in [1.82, 2.24) is 10.2 Å². The number of nitrogens with zero attached hydrogens (tertiary/aromatic N) is 1. The van der Waals surface area contributed by atoms with Crippen molar-refractivity contribution in [2.45, 2.75) is 26.1 Å². The van der Waals surface area contributed by atoms with Crippen LogP contribution in [0, 0.1) is 0 Å². The van der Waals surface area contributed by atoms with Gasteiger partial charge in [0.1, 0.15) is 0 Å². The molecule has 7 heteroatoms. The van der Waals surface area contributed by atoms with Crippen molar-refractivity contribution in [1.29, 1.82) is 0 Å². The summed E-state index contributed by atoms with van der Waals surface area (Å²) >= 11 is 0. The maximum atomic E-state index is 13.2. The molecule has 0 fully saturated rings. The van der Waals surface area contributed by atoms with Crippen molar-refractivity contribution in [2.75, 3.05) is 26.2 Å². The van der Waals surface area contributed by atoms with Gasteiger partial charge in [-0.25, -0.2) is 0 Å². The smallest absolute Gasteiger partial charge is 0.395 e. The standard InChI is InChI=1S/C17H20F2N2O3/c1-2-8-21-9-6-12(7-10-21)11-20-16(22)13-4-3-5-14-15(13)24-17(18,19)23-14/h3-6H,2,7-11H2,1H3,(H,20,22). The van der Waals surface area contributed by atoms with Crippen LogP contribution in [0.3, 0.4) is 0 Å². The molecule has 0 bridgehead atoms. The predicted molar refractivity (Wildman–Crippen MR) is 84.4 cm³/mol. The number of halogens is 2. The summed E-state index contributed by atoms with van der Waals surface area (Å²) in [6.07, 6.45) is 0.395. The lowest BCUT2D eigenvalue weighted by atomic mass is 10.1. The Balaban J connectivity index is 1.61. The molecule has 1 amide bonds. The topological polar surface area (TPSA) is 50.8 Å². The number of hydrogen-bond acceptors (Lipinski definition) is 4. The van der Waals surface area contributed by atoms with Crippen LogP contribution in [0.2, 0.25) is 0 Å². The molecule has 2 heterocycles. The van der Waals surface area contributed by atoms with Gasteiger partial charge in [-0.05, 0) is 31.5 Å². The normalized spacial score (nSPS) is 19.0. The minimum atomic E-state index is -3.73. The van der Waals surface area contributed by atoms with E-state index in [1.165, 1.54) is 18.2 Å². The first-order valence-electron chi connectivity index (χ1n) is 8.06. The first-order valence-corrected chi connectivity index (χ1v) is 8.06. The molecule has 1 aromatic carbocycles. The molecule has 3 rings (SSSR count). The van der Waals surface area contributed by atoms with E-state index in [1.807, 2.05) is 0 Å². The van der Waals surface area contributed by atoms with E-state index in [-0.39, 0.29) is 17.1 Å². The molecule has 2 aliphatic rings. The number of para-hydroxylation sites is 1. The maximum Gasteiger partial charge on any atom is 0.586 e. The lowest BCUT2D eigenvalue weighted by Gasteiger charge is -2.25. The lowest BCUT2D eigenvalue weighted by molar-refractivity contribution is -0.286. The molecule has 1 N–H and O–H groups in total. The third-order valence-electron chi connectivity index (χ3n) is 4.08. The molecule has 0 aliphatic carbocycles. The van der Waals surface area contributed by atoms with Crippen molar-refractivity contribution < 1.29 is 23.0 Å². The van der Waals surface area contributed by atoms with Crippen LogP contribution in [0.5, 0.6) is 11.5 Å². The molecule has 0 aromatic heterocycles. The molecule has 0 atom stereocenters. The van der Waals surface area contributed by atoms with Crippen LogP contribution in [0.15, 0.2) is 29.8 Å². The largest absolute Gasteiger partial charge is 0.586 e. The van der Waals surface area contributed by atoms with E-state index in [0.717, 1.165) is 38.0 Å². The Morgan fingerprint density at radius 3 is 2.92 bits per heavy atom. The lowest BCUT2D eigenvalue weighted by Crippen LogP contribution is -2.33. The zero-order valence-electron chi connectivity index (χ0n) is 13.5. The van der Waals surface area contributed by atoms with Gasteiger partial charge < -0.3 is 14.8 Å². The van der Waals surface area contributed by atoms with E-state index in [2.05, 4.69) is 32.7 Å². The van der Waals surface area contributed by atoms with Gasteiger partial charge in [-0.2, -0.15) is 0 Å². The number of carbonyl (C=O) groups excluding carboxylic acids is 1. The fourth-order valence-electron chi connectivity index (χ4n) is 2.87. The van der Waals surface area contributed by atoms with Gasteiger partial charge in [-0.3, -0.25) is 9.69 Å². The number of fused-ring (bicyclic) bond motifs is 1. The van der Waals surface area contributed by atoms with Gasteiger partial charge in [0.2, 0.25) is 0 Å². The molecular weight excluding hydrogens is 318 g/mol. The molecule has 0 saturated carbocycles. The fraction of sp³-hybridized carbons (Fsp3) is 0.471. The zero-order chi connectivity index (χ0) is 17.2. The molecule has 2 aliphatic heterocycles. The van der Waals surface area contributed by atoms with Crippen LogP contribution in [0.1, 0.15) is 30.1 Å². The van der Waals surface area contributed by atoms with Crippen molar-refractivity contribution >= 4 is 5.91 Å². The molecule has 130 valence electrons. The Bertz CT molecular complexity index is 661. The van der Waals surface area contributed by atoms with Crippen LogP contribution >= 0.6 is 0 Å². The first kappa shape index (κ1) is 16.7. The predicted octanol–water partition coefficient (Wildman–Crippen LogP) is 2.78. The van der Waals surface area contributed by atoms with Crippen LogP contribution < -0.4 is 14.8 Å². The van der Waals surface area contributed by atoms with E-state index in [4.69, 9.17) is 0 Å².